The minimum absolute atomic E-state index is 0.127. The molecule has 1 aromatic rings. The summed E-state index contributed by atoms with van der Waals surface area (Å²) in [5.74, 6) is -1.03. The molecular formula is C11H14FN3O3. The fourth-order valence-electron chi connectivity index (χ4n) is 1.41. The Bertz CT molecular complexity index is 451. The van der Waals surface area contributed by atoms with Gasteiger partial charge in [0, 0.05) is 18.6 Å². The van der Waals surface area contributed by atoms with E-state index in [-0.39, 0.29) is 17.8 Å². The van der Waals surface area contributed by atoms with Gasteiger partial charge in [0.1, 0.15) is 11.5 Å². The van der Waals surface area contributed by atoms with E-state index in [1.54, 1.807) is 0 Å². The zero-order chi connectivity index (χ0) is 13.5. The molecule has 0 aliphatic heterocycles. The Balaban J connectivity index is 2.73. The molecule has 0 unspecified atom stereocenters. The lowest BCUT2D eigenvalue weighted by Crippen LogP contribution is -2.13. The number of nitro groups is 1. The molecular weight excluding hydrogens is 241 g/mol. The van der Waals surface area contributed by atoms with Crippen LogP contribution in [0.3, 0.4) is 0 Å². The average molecular weight is 255 g/mol. The van der Waals surface area contributed by atoms with E-state index >= 15 is 0 Å². The fourth-order valence-corrected chi connectivity index (χ4v) is 1.41. The first-order valence-corrected chi connectivity index (χ1v) is 5.48. The largest absolute Gasteiger partial charge is 0.330 e. The molecule has 1 aromatic carbocycles. The molecule has 18 heavy (non-hydrogen) atoms. The number of hydrogen-bond donors (Lipinski definition) is 2. The maximum Gasteiger partial charge on any atom is 0.292 e. The smallest absolute Gasteiger partial charge is 0.292 e. The number of nitrogens with zero attached hydrogens (tertiary/aromatic N) is 1. The number of rotatable bonds is 6. The molecule has 0 bridgehead atoms. The third-order valence-corrected chi connectivity index (χ3v) is 2.29. The summed E-state index contributed by atoms with van der Waals surface area (Å²) in [6.45, 7) is 0.480. The van der Waals surface area contributed by atoms with Crippen molar-refractivity contribution >= 4 is 17.3 Å². The average Bonchev–Trinajstić information content (AvgIpc) is 2.29. The predicted molar refractivity (Wildman–Crippen MR) is 64.6 cm³/mol. The van der Waals surface area contributed by atoms with Crippen LogP contribution in [-0.4, -0.2) is 17.4 Å². The molecule has 0 aliphatic carbocycles. The van der Waals surface area contributed by atoms with E-state index in [0.717, 1.165) is 18.2 Å². The van der Waals surface area contributed by atoms with Gasteiger partial charge in [-0.15, -0.1) is 0 Å². The summed E-state index contributed by atoms with van der Waals surface area (Å²) in [6, 6.07) is 2.92. The van der Waals surface area contributed by atoms with Crippen LogP contribution in [-0.2, 0) is 4.79 Å². The summed E-state index contributed by atoms with van der Waals surface area (Å²) in [6.07, 6.45) is 1.48. The summed E-state index contributed by atoms with van der Waals surface area (Å²) in [5.41, 5.74) is 4.82. The number of halogens is 1. The van der Waals surface area contributed by atoms with E-state index in [1.807, 2.05) is 0 Å². The second-order valence-electron chi connectivity index (χ2n) is 3.71. The number of anilines is 1. The number of carbonyl (C=O) groups excluding carboxylic acids is 1. The van der Waals surface area contributed by atoms with Crippen molar-refractivity contribution in [3.05, 3.63) is 34.1 Å². The molecule has 0 radical (unpaired) electrons. The first-order valence-electron chi connectivity index (χ1n) is 5.48. The first kappa shape index (κ1) is 14.0. The maximum absolute atomic E-state index is 13.0. The van der Waals surface area contributed by atoms with E-state index in [0.29, 0.717) is 19.4 Å². The van der Waals surface area contributed by atoms with Crippen molar-refractivity contribution in [1.82, 2.24) is 0 Å². The number of nitrogens with one attached hydrogen (secondary N) is 1. The third kappa shape index (κ3) is 4.10. The van der Waals surface area contributed by atoms with Crippen LogP contribution in [0.25, 0.3) is 0 Å². The number of benzene rings is 1. The number of unbranched alkanes of at least 4 members (excludes halogenated alkanes) is 1. The van der Waals surface area contributed by atoms with Crippen LogP contribution < -0.4 is 11.1 Å². The topological polar surface area (TPSA) is 98.3 Å². The summed E-state index contributed by atoms with van der Waals surface area (Å²) < 4.78 is 13.0. The SMILES string of the molecule is NCCCCC(=O)Nc1cc(F)ccc1[N+](=O)[O-]. The molecule has 1 rings (SSSR count). The van der Waals surface area contributed by atoms with Crippen LogP contribution >= 0.6 is 0 Å². The van der Waals surface area contributed by atoms with E-state index in [4.69, 9.17) is 5.73 Å². The van der Waals surface area contributed by atoms with Crippen molar-refractivity contribution in [2.45, 2.75) is 19.3 Å². The first-order chi connectivity index (χ1) is 8.54. The molecule has 7 heteroatoms. The van der Waals surface area contributed by atoms with E-state index in [1.165, 1.54) is 0 Å². The van der Waals surface area contributed by atoms with Crippen molar-refractivity contribution in [1.29, 1.82) is 0 Å². The van der Waals surface area contributed by atoms with Crippen molar-refractivity contribution in [2.75, 3.05) is 11.9 Å². The Morgan fingerprint density at radius 3 is 2.78 bits per heavy atom. The lowest BCUT2D eigenvalue weighted by atomic mass is 10.2. The second kappa shape index (κ2) is 6.65. The summed E-state index contributed by atoms with van der Waals surface area (Å²) in [7, 11) is 0. The number of hydrogen-bond acceptors (Lipinski definition) is 4. The van der Waals surface area contributed by atoms with Gasteiger partial charge >= 0.3 is 0 Å². The van der Waals surface area contributed by atoms with Crippen LogP contribution in [0.4, 0.5) is 15.8 Å². The maximum atomic E-state index is 13.0. The van der Waals surface area contributed by atoms with E-state index < -0.39 is 16.6 Å². The Morgan fingerprint density at radius 2 is 2.17 bits per heavy atom. The number of nitro benzene ring substituents is 1. The Morgan fingerprint density at radius 1 is 1.44 bits per heavy atom. The van der Waals surface area contributed by atoms with Crippen molar-refractivity contribution in [3.8, 4) is 0 Å². The Hall–Kier alpha value is -2.02. The molecule has 0 heterocycles. The summed E-state index contributed by atoms with van der Waals surface area (Å²) in [4.78, 5) is 21.5. The molecule has 0 spiro atoms. The van der Waals surface area contributed by atoms with Gasteiger partial charge in [0.2, 0.25) is 5.91 Å². The highest BCUT2D eigenvalue weighted by atomic mass is 19.1. The van der Waals surface area contributed by atoms with E-state index in [9.17, 15) is 19.3 Å². The number of nitrogens with two attached hydrogens (primary N) is 1. The molecule has 0 saturated carbocycles. The van der Waals surface area contributed by atoms with Crippen molar-refractivity contribution in [3.63, 3.8) is 0 Å². The van der Waals surface area contributed by atoms with Gasteiger partial charge in [0.25, 0.3) is 5.69 Å². The van der Waals surface area contributed by atoms with Crippen LogP contribution in [0.5, 0.6) is 0 Å². The molecule has 98 valence electrons. The monoisotopic (exact) mass is 255 g/mol. The minimum Gasteiger partial charge on any atom is -0.330 e. The summed E-state index contributed by atoms with van der Waals surface area (Å²) in [5, 5.41) is 13.0. The van der Waals surface area contributed by atoms with Gasteiger partial charge in [0.15, 0.2) is 0 Å². The van der Waals surface area contributed by atoms with Crippen LogP contribution in [0.1, 0.15) is 19.3 Å². The molecule has 0 fully saturated rings. The normalized spacial score (nSPS) is 10.1. The fraction of sp³-hybridized carbons (Fsp3) is 0.364. The Kier molecular flexibility index (Phi) is 5.19. The lowest BCUT2D eigenvalue weighted by Gasteiger charge is -2.05. The molecule has 3 N–H and O–H groups in total. The minimum atomic E-state index is -0.672. The molecule has 6 nitrogen and oxygen atoms in total. The highest BCUT2D eigenvalue weighted by molar-refractivity contribution is 5.93. The number of carbonyl (C=O) groups is 1. The molecule has 0 saturated heterocycles. The van der Waals surface area contributed by atoms with Crippen LogP contribution in [0.15, 0.2) is 18.2 Å². The van der Waals surface area contributed by atoms with Gasteiger partial charge in [-0.1, -0.05) is 0 Å². The molecule has 0 atom stereocenters. The van der Waals surface area contributed by atoms with Gasteiger partial charge in [-0.3, -0.25) is 14.9 Å². The van der Waals surface area contributed by atoms with Crippen molar-refractivity contribution in [2.24, 2.45) is 5.73 Å². The number of amides is 1. The van der Waals surface area contributed by atoms with Gasteiger partial charge < -0.3 is 11.1 Å². The van der Waals surface area contributed by atoms with Crippen molar-refractivity contribution < 1.29 is 14.1 Å². The molecule has 0 aromatic heterocycles. The molecule has 0 aliphatic rings. The van der Waals surface area contributed by atoms with Gasteiger partial charge in [0.05, 0.1) is 4.92 Å². The third-order valence-electron chi connectivity index (χ3n) is 2.29. The second-order valence-corrected chi connectivity index (χ2v) is 3.71. The Labute approximate surface area is 103 Å². The quantitative estimate of drug-likeness (QED) is 0.460. The zero-order valence-corrected chi connectivity index (χ0v) is 9.69. The van der Waals surface area contributed by atoms with E-state index in [2.05, 4.69) is 5.32 Å². The van der Waals surface area contributed by atoms with Gasteiger partial charge in [-0.2, -0.15) is 0 Å². The highest BCUT2D eigenvalue weighted by Gasteiger charge is 2.16. The van der Waals surface area contributed by atoms with Crippen LogP contribution in [0.2, 0.25) is 0 Å². The lowest BCUT2D eigenvalue weighted by molar-refractivity contribution is -0.384. The van der Waals surface area contributed by atoms with Gasteiger partial charge in [-0.25, -0.2) is 4.39 Å². The predicted octanol–water partition coefficient (Wildman–Crippen LogP) is 1.80. The standard InChI is InChI=1S/C11H14FN3O3/c12-8-4-5-10(15(17)18)9(7-8)14-11(16)3-1-2-6-13/h4-5,7H,1-3,6,13H2,(H,14,16). The highest BCUT2D eigenvalue weighted by Crippen LogP contribution is 2.25. The van der Waals surface area contributed by atoms with Crippen LogP contribution in [0, 0.1) is 15.9 Å². The zero-order valence-electron chi connectivity index (χ0n) is 9.69. The van der Waals surface area contributed by atoms with Gasteiger partial charge in [-0.05, 0) is 25.5 Å². The summed E-state index contributed by atoms with van der Waals surface area (Å²) >= 11 is 0. The molecule has 1 amide bonds.